The predicted octanol–water partition coefficient (Wildman–Crippen LogP) is 5.18. The van der Waals surface area contributed by atoms with Gasteiger partial charge in [-0.1, -0.05) is 42.5 Å². The van der Waals surface area contributed by atoms with Crippen LogP contribution in [0.3, 0.4) is 0 Å². The van der Waals surface area contributed by atoms with Crippen molar-refractivity contribution >= 4 is 46.6 Å². The largest absolute Gasteiger partial charge is 0.513 e. The van der Waals surface area contributed by atoms with E-state index in [0.29, 0.717) is 46.7 Å². The van der Waals surface area contributed by atoms with Crippen molar-refractivity contribution in [2.24, 2.45) is 0 Å². The second-order valence-electron chi connectivity index (χ2n) is 10.8. The molecule has 4 rings (SSSR count). The van der Waals surface area contributed by atoms with Crippen LogP contribution in [0.4, 0.5) is 16.2 Å². The van der Waals surface area contributed by atoms with Crippen molar-refractivity contribution < 1.29 is 33.4 Å². The highest BCUT2D eigenvalue weighted by Gasteiger charge is 2.33. The van der Waals surface area contributed by atoms with Gasteiger partial charge in [0, 0.05) is 24.2 Å². The van der Waals surface area contributed by atoms with Gasteiger partial charge in [-0.2, -0.15) is 0 Å². The summed E-state index contributed by atoms with van der Waals surface area (Å²) in [4.78, 5) is 51.7. The molecule has 3 aromatic carbocycles. The molecule has 0 radical (unpaired) electrons. The van der Waals surface area contributed by atoms with Crippen molar-refractivity contribution in [1.29, 1.82) is 0 Å². The standard InChI is InChI=1S/C33H35N3O7/c1-21(37)36(24-13-11-22(12-14-24)17-18-34-20-28(38)43-33(2,3)4)30(23-9-7-6-8-10-23)29-26-16-15-25(42-32(40)41-5)19-27(26)35-31(29)39/h6-16,19,34H,17-18,20H2,1-5H3,(H,35,39)/b30-29-. The van der Waals surface area contributed by atoms with Gasteiger partial charge in [-0.3, -0.25) is 19.3 Å². The number of amides is 2. The molecule has 1 aliphatic heterocycles. The predicted molar refractivity (Wildman–Crippen MR) is 163 cm³/mol. The molecule has 2 N–H and O–H groups in total. The van der Waals surface area contributed by atoms with Gasteiger partial charge < -0.3 is 24.8 Å². The molecular formula is C33H35N3O7. The number of methoxy groups -OCH3 is 1. The van der Waals surface area contributed by atoms with Crippen LogP contribution in [0.25, 0.3) is 11.3 Å². The summed E-state index contributed by atoms with van der Waals surface area (Å²) in [6.07, 6.45) is -0.225. The molecule has 0 saturated carbocycles. The van der Waals surface area contributed by atoms with E-state index in [1.807, 2.05) is 75.4 Å². The Morgan fingerprint density at radius 2 is 1.65 bits per heavy atom. The Balaban J connectivity index is 1.64. The lowest BCUT2D eigenvalue weighted by Gasteiger charge is -2.26. The highest BCUT2D eigenvalue weighted by Crippen LogP contribution is 2.41. The highest BCUT2D eigenvalue weighted by atomic mass is 16.7. The molecule has 43 heavy (non-hydrogen) atoms. The number of nitrogens with zero attached hydrogens (tertiary/aromatic N) is 1. The summed E-state index contributed by atoms with van der Waals surface area (Å²) in [6.45, 7) is 7.60. The van der Waals surface area contributed by atoms with Gasteiger partial charge >= 0.3 is 12.1 Å². The van der Waals surface area contributed by atoms with Crippen molar-refractivity contribution in [1.82, 2.24) is 5.32 Å². The normalized spacial score (nSPS) is 13.5. The van der Waals surface area contributed by atoms with Crippen molar-refractivity contribution in [2.75, 3.05) is 30.4 Å². The molecule has 10 heteroatoms. The van der Waals surface area contributed by atoms with Gasteiger partial charge in [0.15, 0.2) is 0 Å². The summed E-state index contributed by atoms with van der Waals surface area (Å²) < 4.78 is 15.0. The minimum atomic E-state index is -0.880. The van der Waals surface area contributed by atoms with E-state index in [2.05, 4.69) is 15.4 Å². The lowest BCUT2D eigenvalue weighted by Crippen LogP contribution is -2.32. The molecule has 1 aliphatic rings. The second-order valence-corrected chi connectivity index (χ2v) is 10.8. The first-order valence-corrected chi connectivity index (χ1v) is 13.8. The molecule has 0 spiro atoms. The lowest BCUT2D eigenvalue weighted by atomic mass is 9.98. The quantitative estimate of drug-likeness (QED) is 0.152. The number of rotatable bonds is 9. The molecule has 0 unspecified atom stereocenters. The maximum absolute atomic E-state index is 13.4. The first-order chi connectivity index (χ1) is 20.5. The zero-order valence-electron chi connectivity index (χ0n) is 24.9. The summed E-state index contributed by atoms with van der Waals surface area (Å²) >= 11 is 0. The molecule has 0 fully saturated rings. The van der Waals surface area contributed by atoms with Gasteiger partial charge in [0.1, 0.15) is 11.4 Å². The number of carbonyl (C=O) groups is 4. The Morgan fingerprint density at radius 1 is 0.953 bits per heavy atom. The summed E-state index contributed by atoms with van der Waals surface area (Å²) in [7, 11) is 1.21. The first-order valence-electron chi connectivity index (χ1n) is 13.8. The van der Waals surface area contributed by atoms with Crippen molar-refractivity contribution in [3.8, 4) is 5.75 Å². The van der Waals surface area contributed by atoms with Crippen molar-refractivity contribution in [3.05, 3.63) is 89.5 Å². The third-order valence-corrected chi connectivity index (χ3v) is 6.40. The number of hydrogen-bond acceptors (Lipinski definition) is 8. The van der Waals surface area contributed by atoms with Gasteiger partial charge in [0.2, 0.25) is 5.91 Å². The Hall–Kier alpha value is -4.96. The molecule has 1 heterocycles. The maximum atomic E-state index is 13.4. The van der Waals surface area contributed by atoms with Gasteiger partial charge in [-0.05, 0) is 69.1 Å². The number of carbonyl (C=O) groups excluding carboxylic acids is 4. The molecule has 2 amide bonds. The fourth-order valence-corrected chi connectivity index (χ4v) is 4.65. The maximum Gasteiger partial charge on any atom is 0.513 e. The highest BCUT2D eigenvalue weighted by molar-refractivity contribution is 6.39. The lowest BCUT2D eigenvalue weighted by molar-refractivity contribution is -0.153. The van der Waals surface area contributed by atoms with Crippen LogP contribution >= 0.6 is 0 Å². The number of hydrogen-bond donors (Lipinski definition) is 2. The first kappa shape index (κ1) is 31.0. The summed E-state index contributed by atoms with van der Waals surface area (Å²) in [5, 5.41) is 5.92. The second kappa shape index (κ2) is 13.3. The third-order valence-electron chi connectivity index (χ3n) is 6.40. The number of nitrogens with one attached hydrogen (secondary N) is 2. The molecule has 0 aromatic heterocycles. The average Bonchev–Trinajstić information content (AvgIpc) is 3.28. The van der Waals surface area contributed by atoms with Crippen LogP contribution in [0.1, 0.15) is 44.4 Å². The minimum absolute atomic E-state index is 0.112. The number of esters is 1. The average molecular weight is 586 g/mol. The van der Waals surface area contributed by atoms with Gasteiger partial charge in [0.05, 0.1) is 30.6 Å². The van der Waals surface area contributed by atoms with E-state index in [1.165, 1.54) is 25.0 Å². The smallest absolute Gasteiger partial charge is 0.459 e. The van der Waals surface area contributed by atoms with E-state index in [9.17, 15) is 19.2 Å². The van der Waals surface area contributed by atoms with Crippen LogP contribution in [0.15, 0.2) is 72.8 Å². The molecule has 224 valence electrons. The van der Waals surface area contributed by atoms with E-state index in [0.717, 1.165) is 5.56 Å². The number of anilines is 2. The molecule has 10 nitrogen and oxygen atoms in total. The van der Waals surface area contributed by atoms with E-state index in [1.54, 1.807) is 12.1 Å². The number of ether oxygens (including phenoxy) is 3. The van der Waals surface area contributed by atoms with E-state index >= 15 is 0 Å². The molecule has 3 aromatic rings. The molecule has 0 bridgehead atoms. The molecular weight excluding hydrogens is 550 g/mol. The monoisotopic (exact) mass is 585 g/mol. The minimum Gasteiger partial charge on any atom is -0.459 e. The Labute approximate surface area is 250 Å². The topological polar surface area (TPSA) is 123 Å². The SMILES string of the molecule is COC(=O)Oc1ccc2c(c1)NC(=O)/C2=C(/c1ccccc1)N(C(C)=O)c1ccc(CCNCC(=O)OC(C)(C)C)cc1. The van der Waals surface area contributed by atoms with Crippen molar-refractivity contribution in [3.63, 3.8) is 0 Å². The van der Waals surface area contributed by atoms with Gasteiger partial charge in [-0.25, -0.2) is 4.79 Å². The van der Waals surface area contributed by atoms with Crippen LogP contribution in [0, 0.1) is 0 Å². The summed E-state index contributed by atoms with van der Waals surface area (Å²) in [5.74, 6) is -0.799. The Kier molecular flexibility index (Phi) is 9.62. The van der Waals surface area contributed by atoms with Crippen molar-refractivity contribution in [2.45, 2.75) is 39.7 Å². The van der Waals surface area contributed by atoms with Crippen LogP contribution in [-0.4, -0.2) is 49.7 Å². The van der Waals surface area contributed by atoms with E-state index in [-0.39, 0.29) is 24.2 Å². The Bertz CT molecular complexity index is 1540. The van der Waals surface area contributed by atoms with Gasteiger partial charge in [-0.15, -0.1) is 0 Å². The van der Waals surface area contributed by atoms with Crippen LogP contribution in [0.2, 0.25) is 0 Å². The summed E-state index contributed by atoms with van der Waals surface area (Å²) in [5.41, 5.74) is 3.42. The fraction of sp³-hybridized carbons (Fsp3) is 0.273. The summed E-state index contributed by atoms with van der Waals surface area (Å²) in [6, 6.07) is 21.4. The number of fused-ring (bicyclic) bond motifs is 1. The van der Waals surface area contributed by atoms with Crippen LogP contribution < -0.4 is 20.3 Å². The van der Waals surface area contributed by atoms with Crippen LogP contribution in [0.5, 0.6) is 5.75 Å². The zero-order chi connectivity index (χ0) is 31.1. The van der Waals surface area contributed by atoms with E-state index in [4.69, 9.17) is 9.47 Å². The van der Waals surface area contributed by atoms with E-state index < -0.39 is 17.7 Å². The Morgan fingerprint density at radius 3 is 2.28 bits per heavy atom. The van der Waals surface area contributed by atoms with Crippen LogP contribution in [-0.2, 0) is 30.3 Å². The number of benzene rings is 3. The fourth-order valence-electron chi connectivity index (χ4n) is 4.65. The zero-order valence-corrected chi connectivity index (χ0v) is 24.9. The molecule has 0 aliphatic carbocycles. The third kappa shape index (κ3) is 7.87. The molecule has 0 atom stereocenters. The molecule has 0 saturated heterocycles. The van der Waals surface area contributed by atoms with Gasteiger partial charge in [0.25, 0.3) is 5.91 Å².